The van der Waals surface area contributed by atoms with Gasteiger partial charge in [0.05, 0.1) is 12.7 Å². The molecule has 2 aromatic rings. The molecule has 0 saturated heterocycles. The molecule has 3 rings (SSSR count). The molecule has 10 heteroatoms. The molecule has 0 bridgehead atoms. The summed E-state index contributed by atoms with van der Waals surface area (Å²) in [6.07, 6.45) is 1.69. The van der Waals surface area contributed by atoms with Crippen molar-refractivity contribution in [3.8, 4) is 11.5 Å². The summed E-state index contributed by atoms with van der Waals surface area (Å²) in [6, 6.07) is 12.0. The Bertz CT molecular complexity index is 1050. The third-order valence-electron chi connectivity index (χ3n) is 5.60. The molecule has 0 fully saturated rings. The van der Waals surface area contributed by atoms with Gasteiger partial charge in [0.2, 0.25) is 0 Å². The van der Waals surface area contributed by atoms with Gasteiger partial charge in [-0.1, -0.05) is 43.1 Å². The van der Waals surface area contributed by atoms with Gasteiger partial charge in [0.1, 0.15) is 6.61 Å². The highest BCUT2D eigenvalue weighted by Crippen LogP contribution is 2.41. The molecular weight excluding hydrogens is 490 g/mol. The number of fused-ring (bicyclic) bond motifs is 1. The summed E-state index contributed by atoms with van der Waals surface area (Å²) in [6.45, 7) is 4.87. The average Bonchev–Trinajstić information content (AvgIpc) is 3.25. The molecular formula is C26H32ClNO8. The standard InChI is InChI=1S/C26H32ClNO8/c1-3-4-10-33-11-12-34-25(32)26(24(30)31)35-22-9-8-18(14-23(22)36-26)13-17(2)28-16-21(29)19-6-5-7-20(27)15-19/h5-9,14-15,17,21,28-29H,3-4,10-13,16H2,1-2H3,(H,30,31)/t17-,21+,26?/m1/s1. The number of unbranched alkanes of at least 4 members (excludes halogenated alkanes) is 1. The van der Waals surface area contributed by atoms with Crippen molar-refractivity contribution in [3.05, 3.63) is 58.6 Å². The Morgan fingerprint density at radius 1 is 1.11 bits per heavy atom. The lowest BCUT2D eigenvalue weighted by atomic mass is 10.1. The number of rotatable bonds is 14. The number of esters is 1. The number of hydrogen-bond acceptors (Lipinski definition) is 8. The van der Waals surface area contributed by atoms with Crippen LogP contribution in [0.25, 0.3) is 0 Å². The van der Waals surface area contributed by atoms with Crippen molar-refractivity contribution >= 4 is 23.5 Å². The summed E-state index contributed by atoms with van der Waals surface area (Å²) >= 11 is 5.99. The number of ether oxygens (including phenoxy) is 4. The van der Waals surface area contributed by atoms with E-state index in [2.05, 4.69) is 5.32 Å². The molecule has 1 aliphatic rings. The van der Waals surface area contributed by atoms with Crippen LogP contribution in [0.15, 0.2) is 42.5 Å². The third-order valence-corrected chi connectivity index (χ3v) is 5.84. The molecule has 0 aromatic heterocycles. The number of aliphatic carboxylic acids is 1. The van der Waals surface area contributed by atoms with Gasteiger partial charge < -0.3 is 34.5 Å². The summed E-state index contributed by atoms with van der Waals surface area (Å²) in [5.74, 6) is -5.10. The van der Waals surface area contributed by atoms with Crippen LogP contribution in [-0.2, 0) is 25.5 Å². The number of halogens is 1. The molecule has 0 aliphatic carbocycles. The van der Waals surface area contributed by atoms with E-state index in [1.165, 1.54) is 0 Å². The van der Waals surface area contributed by atoms with Gasteiger partial charge in [0.25, 0.3) is 0 Å². The van der Waals surface area contributed by atoms with Crippen molar-refractivity contribution in [1.82, 2.24) is 5.32 Å². The highest BCUT2D eigenvalue weighted by molar-refractivity contribution is 6.30. The zero-order chi connectivity index (χ0) is 26.1. The third kappa shape index (κ3) is 7.10. The normalized spacial score (nSPS) is 18.0. The van der Waals surface area contributed by atoms with Gasteiger partial charge in [0.15, 0.2) is 11.5 Å². The Balaban J connectivity index is 1.55. The fourth-order valence-electron chi connectivity index (χ4n) is 3.64. The highest BCUT2D eigenvalue weighted by Gasteiger charge is 2.58. The van der Waals surface area contributed by atoms with Crippen LogP contribution in [-0.4, -0.2) is 60.3 Å². The minimum absolute atomic E-state index is 0.0267. The van der Waals surface area contributed by atoms with E-state index in [4.69, 9.17) is 30.5 Å². The first-order valence-electron chi connectivity index (χ1n) is 11.9. The van der Waals surface area contributed by atoms with Crippen molar-refractivity contribution < 1.29 is 38.7 Å². The number of hydrogen-bond donors (Lipinski definition) is 3. The lowest BCUT2D eigenvalue weighted by Gasteiger charge is -2.20. The van der Waals surface area contributed by atoms with E-state index in [-0.39, 0.29) is 30.8 Å². The number of carbonyl (C=O) groups is 2. The van der Waals surface area contributed by atoms with Crippen LogP contribution in [0, 0.1) is 0 Å². The Morgan fingerprint density at radius 3 is 2.61 bits per heavy atom. The van der Waals surface area contributed by atoms with E-state index in [0.717, 1.165) is 24.0 Å². The first-order valence-corrected chi connectivity index (χ1v) is 12.3. The van der Waals surface area contributed by atoms with Crippen LogP contribution >= 0.6 is 11.6 Å². The lowest BCUT2D eigenvalue weighted by molar-refractivity contribution is -0.199. The van der Waals surface area contributed by atoms with Crippen molar-refractivity contribution in [2.24, 2.45) is 0 Å². The van der Waals surface area contributed by atoms with E-state index >= 15 is 0 Å². The largest absolute Gasteiger partial charge is 0.475 e. The second kappa shape index (κ2) is 12.9. The quantitative estimate of drug-likeness (QED) is 0.194. The van der Waals surface area contributed by atoms with Gasteiger partial charge in [-0.25, -0.2) is 9.59 Å². The van der Waals surface area contributed by atoms with Crippen LogP contribution in [0.3, 0.4) is 0 Å². The molecule has 0 spiro atoms. The van der Waals surface area contributed by atoms with Crippen LogP contribution < -0.4 is 14.8 Å². The Hall–Kier alpha value is -2.85. The Kier molecular flexibility index (Phi) is 9.95. The molecule has 0 amide bonds. The van der Waals surface area contributed by atoms with E-state index in [9.17, 15) is 19.8 Å². The molecule has 1 aliphatic heterocycles. The van der Waals surface area contributed by atoms with Crippen molar-refractivity contribution in [3.63, 3.8) is 0 Å². The van der Waals surface area contributed by atoms with Gasteiger partial charge in [-0.15, -0.1) is 0 Å². The fraction of sp³-hybridized carbons (Fsp3) is 0.462. The number of benzene rings is 2. The topological polar surface area (TPSA) is 124 Å². The maximum Gasteiger partial charge on any atom is 0.453 e. The van der Waals surface area contributed by atoms with Crippen molar-refractivity contribution in [2.75, 3.05) is 26.4 Å². The smallest absolute Gasteiger partial charge is 0.453 e. The van der Waals surface area contributed by atoms with Crippen molar-refractivity contribution in [2.45, 2.75) is 51.0 Å². The Labute approximate surface area is 215 Å². The van der Waals surface area contributed by atoms with Gasteiger partial charge in [-0.05, 0) is 55.2 Å². The highest BCUT2D eigenvalue weighted by atomic mass is 35.5. The molecule has 196 valence electrons. The zero-order valence-corrected chi connectivity index (χ0v) is 21.1. The second-order valence-electron chi connectivity index (χ2n) is 8.59. The molecule has 2 aromatic carbocycles. The molecule has 0 saturated carbocycles. The van der Waals surface area contributed by atoms with Crippen LogP contribution in [0.5, 0.6) is 11.5 Å². The summed E-state index contributed by atoms with van der Waals surface area (Å²) < 4.78 is 21.3. The summed E-state index contributed by atoms with van der Waals surface area (Å²) in [5.41, 5.74) is 1.54. The predicted molar refractivity (Wildman–Crippen MR) is 132 cm³/mol. The molecule has 1 unspecified atom stereocenters. The number of aliphatic hydroxyl groups excluding tert-OH is 1. The molecule has 3 atom stereocenters. The van der Waals surface area contributed by atoms with E-state index in [1.54, 1.807) is 42.5 Å². The molecule has 1 heterocycles. The van der Waals surface area contributed by atoms with Crippen LogP contribution in [0.1, 0.15) is 43.9 Å². The van der Waals surface area contributed by atoms with Gasteiger partial charge in [0, 0.05) is 24.2 Å². The van der Waals surface area contributed by atoms with Gasteiger partial charge in [-0.3, -0.25) is 0 Å². The zero-order valence-electron chi connectivity index (χ0n) is 20.4. The first-order chi connectivity index (χ1) is 17.2. The Morgan fingerprint density at radius 2 is 1.89 bits per heavy atom. The number of carboxylic acids is 1. The molecule has 3 N–H and O–H groups in total. The second-order valence-corrected chi connectivity index (χ2v) is 9.03. The summed E-state index contributed by atoms with van der Waals surface area (Å²) in [7, 11) is 0. The number of carbonyl (C=O) groups excluding carboxylic acids is 1. The number of carboxylic acid groups (broad SMARTS) is 1. The lowest BCUT2D eigenvalue weighted by Crippen LogP contribution is -2.55. The predicted octanol–water partition coefficient (Wildman–Crippen LogP) is 3.51. The van der Waals surface area contributed by atoms with Crippen molar-refractivity contribution in [1.29, 1.82) is 0 Å². The van der Waals surface area contributed by atoms with Crippen LogP contribution in [0.2, 0.25) is 5.02 Å². The summed E-state index contributed by atoms with van der Waals surface area (Å²) in [4.78, 5) is 24.5. The number of aliphatic hydroxyl groups is 1. The molecule has 36 heavy (non-hydrogen) atoms. The number of nitrogens with one attached hydrogen (secondary N) is 1. The van der Waals surface area contributed by atoms with Gasteiger partial charge >= 0.3 is 17.7 Å². The minimum atomic E-state index is -2.60. The summed E-state index contributed by atoms with van der Waals surface area (Å²) in [5, 5.41) is 23.9. The van der Waals surface area contributed by atoms with E-state index < -0.39 is 23.8 Å². The van der Waals surface area contributed by atoms with Crippen LogP contribution in [0.4, 0.5) is 0 Å². The van der Waals surface area contributed by atoms with E-state index in [0.29, 0.717) is 24.6 Å². The monoisotopic (exact) mass is 521 g/mol. The van der Waals surface area contributed by atoms with E-state index in [1.807, 2.05) is 13.8 Å². The van der Waals surface area contributed by atoms with Gasteiger partial charge in [-0.2, -0.15) is 0 Å². The average molecular weight is 522 g/mol. The first kappa shape index (κ1) is 27.7. The minimum Gasteiger partial charge on any atom is -0.475 e. The molecule has 9 nitrogen and oxygen atoms in total. The molecule has 0 radical (unpaired) electrons. The SMILES string of the molecule is CCCCOCCOC(=O)C1(C(=O)O)Oc2ccc(C[C@@H](C)NC[C@H](O)c3cccc(Cl)c3)cc2O1. The fourth-order valence-corrected chi connectivity index (χ4v) is 3.84. The maximum absolute atomic E-state index is 12.6. The maximum atomic E-state index is 12.6.